The maximum Gasteiger partial charge on any atom is 0.357 e. The van der Waals surface area contributed by atoms with Crippen LogP contribution in [0, 0.1) is 9.39 Å². The summed E-state index contributed by atoms with van der Waals surface area (Å²) in [7, 11) is 0. The van der Waals surface area contributed by atoms with Crippen LogP contribution in [0.4, 0.5) is 4.39 Å². The van der Waals surface area contributed by atoms with E-state index in [1.54, 1.807) is 18.3 Å². The summed E-state index contributed by atoms with van der Waals surface area (Å²) in [6, 6.07) is 6.04. The molecule has 3 aromatic rings. The van der Waals surface area contributed by atoms with Crippen LogP contribution in [0.25, 0.3) is 22.2 Å². The van der Waals surface area contributed by atoms with Crippen molar-refractivity contribution >= 4 is 39.5 Å². The zero-order valence-corrected chi connectivity index (χ0v) is 12.1. The molecule has 0 atom stereocenters. The van der Waals surface area contributed by atoms with E-state index < -0.39 is 11.8 Å². The summed E-state index contributed by atoms with van der Waals surface area (Å²) < 4.78 is 14.6. The summed E-state index contributed by atoms with van der Waals surface area (Å²) in [6.07, 6.45) is 1.59. The number of aromatic nitrogens is 3. The number of aromatic amines is 1. The number of pyridine rings is 1. The molecule has 0 bridgehead atoms. The lowest BCUT2D eigenvalue weighted by Crippen LogP contribution is -1.98. The minimum Gasteiger partial charge on any atom is -0.476 e. The second kappa shape index (κ2) is 4.82. The molecule has 2 aromatic heterocycles. The van der Waals surface area contributed by atoms with Crippen molar-refractivity contribution in [1.82, 2.24) is 15.2 Å². The number of carboxylic acid groups (broad SMARTS) is 1. The minimum atomic E-state index is -1.17. The van der Waals surface area contributed by atoms with Gasteiger partial charge in [0, 0.05) is 20.7 Å². The lowest BCUT2D eigenvalue weighted by molar-refractivity contribution is 0.0692. The van der Waals surface area contributed by atoms with Gasteiger partial charge in [-0.2, -0.15) is 5.10 Å². The van der Waals surface area contributed by atoms with E-state index in [-0.39, 0.29) is 5.69 Å². The summed E-state index contributed by atoms with van der Waals surface area (Å²) in [5, 5.41) is 15.8. The molecule has 0 amide bonds. The van der Waals surface area contributed by atoms with E-state index in [9.17, 15) is 9.18 Å². The van der Waals surface area contributed by atoms with Crippen LogP contribution in [0.2, 0.25) is 0 Å². The number of rotatable bonds is 2. The van der Waals surface area contributed by atoms with Crippen LogP contribution >= 0.6 is 22.6 Å². The van der Waals surface area contributed by atoms with E-state index in [1.165, 1.54) is 12.1 Å². The Hall–Kier alpha value is -2.03. The van der Waals surface area contributed by atoms with Crippen LogP contribution < -0.4 is 0 Å². The fourth-order valence-electron chi connectivity index (χ4n) is 2.03. The van der Waals surface area contributed by atoms with Gasteiger partial charge in [-0.15, -0.1) is 0 Å². The highest BCUT2D eigenvalue weighted by molar-refractivity contribution is 14.1. The van der Waals surface area contributed by atoms with Crippen LogP contribution in [0.3, 0.4) is 0 Å². The standard InChI is InChI=1S/C13H7FIN3O2/c14-6-3-8(9-5-7(15)1-2-16-9)11-10(4-6)17-18-12(11)13(19)20/h1-5H,(H,17,18)(H,19,20). The molecule has 3 rings (SSSR count). The molecule has 2 N–H and O–H groups in total. The summed E-state index contributed by atoms with van der Waals surface area (Å²) in [4.78, 5) is 15.4. The van der Waals surface area contributed by atoms with Gasteiger partial charge in [-0.1, -0.05) is 0 Å². The third-order valence-corrected chi connectivity index (χ3v) is 3.50. The average Bonchev–Trinajstić information content (AvgIpc) is 2.81. The quantitative estimate of drug-likeness (QED) is 0.667. The summed E-state index contributed by atoms with van der Waals surface area (Å²) in [5.74, 6) is -1.65. The maximum atomic E-state index is 13.7. The van der Waals surface area contributed by atoms with Crippen LogP contribution in [0.15, 0.2) is 30.5 Å². The van der Waals surface area contributed by atoms with Crippen LogP contribution in [0.5, 0.6) is 0 Å². The Morgan fingerprint density at radius 3 is 2.85 bits per heavy atom. The molecular weight excluding hydrogens is 376 g/mol. The number of carboxylic acids is 1. The number of H-pyrrole nitrogens is 1. The van der Waals surface area contributed by atoms with Crippen molar-refractivity contribution < 1.29 is 14.3 Å². The Labute approximate surface area is 126 Å². The minimum absolute atomic E-state index is 0.143. The number of aromatic carboxylic acids is 1. The molecule has 0 aliphatic heterocycles. The lowest BCUT2D eigenvalue weighted by Gasteiger charge is -2.04. The number of benzene rings is 1. The highest BCUT2D eigenvalue weighted by atomic mass is 127. The van der Waals surface area contributed by atoms with Gasteiger partial charge in [0.1, 0.15) is 5.82 Å². The van der Waals surface area contributed by atoms with Crippen LogP contribution in [0.1, 0.15) is 10.5 Å². The van der Waals surface area contributed by atoms with Crippen LogP contribution in [-0.4, -0.2) is 26.3 Å². The molecule has 5 nitrogen and oxygen atoms in total. The van der Waals surface area contributed by atoms with Gasteiger partial charge in [0.2, 0.25) is 0 Å². The number of hydrogen-bond acceptors (Lipinski definition) is 3. The van der Waals surface area contributed by atoms with Crippen molar-refractivity contribution in [2.24, 2.45) is 0 Å². The van der Waals surface area contributed by atoms with Crippen molar-refractivity contribution in [2.45, 2.75) is 0 Å². The van der Waals surface area contributed by atoms with E-state index in [4.69, 9.17) is 5.11 Å². The second-order valence-electron chi connectivity index (χ2n) is 4.11. The van der Waals surface area contributed by atoms with E-state index in [1.807, 2.05) is 0 Å². The van der Waals surface area contributed by atoms with Gasteiger partial charge >= 0.3 is 5.97 Å². The van der Waals surface area contributed by atoms with Crippen molar-refractivity contribution in [1.29, 1.82) is 0 Å². The lowest BCUT2D eigenvalue weighted by atomic mass is 10.0. The normalized spacial score (nSPS) is 10.9. The number of fused-ring (bicyclic) bond motifs is 1. The third kappa shape index (κ3) is 2.13. The number of halogens is 2. The van der Waals surface area contributed by atoms with E-state index in [2.05, 4.69) is 37.8 Å². The molecule has 0 aliphatic carbocycles. The first-order valence-corrected chi connectivity index (χ1v) is 6.67. The van der Waals surface area contributed by atoms with Crippen molar-refractivity contribution in [3.05, 3.63) is 45.5 Å². The van der Waals surface area contributed by atoms with Gasteiger partial charge < -0.3 is 5.11 Å². The Morgan fingerprint density at radius 1 is 1.35 bits per heavy atom. The monoisotopic (exact) mass is 383 g/mol. The zero-order chi connectivity index (χ0) is 14.3. The predicted octanol–water partition coefficient (Wildman–Crippen LogP) is 3.07. The van der Waals surface area contributed by atoms with E-state index in [0.717, 1.165) is 3.57 Å². The molecule has 20 heavy (non-hydrogen) atoms. The summed E-state index contributed by atoms with van der Waals surface area (Å²) >= 11 is 2.11. The number of nitrogens with zero attached hydrogens (tertiary/aromatic N) is 2. The first-order valence-electron chi connectivity index (χ1n) is 5.59. The van der Waals surface area contributed by atoms with E-state index >= 15 is 0 Å². The SMILES string of the molecule is O=C(O)c1n[nH]c2cc(F)cc(-c3cc(I)ccn3)c12. The van der Waals surface area contributed by atoms with Crippen molar-refractivity contribution in [2.75, 3.05) is 0 Å². The molecular formula is C13H7FIN3O2. The molecule has 0 unspecified atom stereocenters. The van der Waals surface area contributed by atoms with Gasteiger partial charge in [-0.3, -0.25) is 10.1 Å². The molecule has 100 valence electrons. The molecule has 0 fully saturated rings. The zero-order valence-electron chi connectivity index (χ0n) is 9.89. The maximum absolute atomic E-state index is 13.7. The molecule has 0 spiro atoms. The van der Waals surface area contributed by atoms with Gasteiger partial charge in [-0.05, 0) is 46.9 Å². The summed E-state index contributed by atoms with van der Waals surface area (Å²) in [5.41, 5.74) is 1.10. The molecule has 0 aliphatic rings. The first-order chi connectivity index (χ1) is 9.56. The summed E-state index contributed by atoms with van der Waals surface area (Å²) in [6.45, 7) is 0. The Kier molecular flexibility index (Phi) is 3.13. The predicted molar refractivity (Wildman–Crippen MR) is 79.0 cm³/mol. The fraction of sp³-hybridized carbons (Fsp3) is 0. The second-order valence-corrected chi connectivity index (χ2v) is 5.36. The molecule has 0 radical (unpaired) electrons. The average molecular weight is 383 g/mol. The Balaban J connectivity index is 2.39. The van der Waals surface area contributed by atoms with Gasteiger partial charge in [-0.25, -0.2) is 9.18 Å². The Morgan fingerprint density at radius 2 is 2.15 bits per heavy atom. The molecule has 2 heterocycles. The topological polar surface area (TPSA) is 78.9 Å². The highest BCUT2D eigenvalue weighted by Gasteiger charge is 2.19. The smallest absolute Gasteiger partial charge is 0.357 e. The Bertz CT molecular complexity index is 832. The number of hydrogen-bond donors (Lipinski definition) is 2. The van der Waals surface area contributed by atoms with Gasteiger partial charge in [0.15, 0.2) is 5.69 Å². The number of nitrogens with one attached hydrogen (secondary N) is 1. The molecule has 1 aromatic carbocycles. The first kappa shape index (κ1) is 13.0. The molecule has 0 saturated heterocycles. The number of carbonyl (C=O) groups is 1. The molecule has 7 heteroatoms. The third-order valence-electron chi connectivity index (χ3n) is 2.83. The van der Waals surface area contributed by atoms with Crippen LogP contribution in [-0.2, 0) is 0 Å². The van der Waals surface area contributed by atoms with Crippen molar-refractivity contribution in [3.63, 3.8) is 0 Å². The van der Waals surface area contributed by atoms with Gasteiger partial charge in [0.05, 0.1) is 11.2 Å². The molecule has 0 saturated carbocycles. The van der Waals surface area contributed by atoms with Gasteiger partial charge in [0.25, 0.3) is 0 Å². The van der Waals surface area contributed by atoms with Crippen molar-refractivity contribution in [3.8, 4) is 11.3 Å². The largest absolute Gasteiger partial charge is 0.476 e. The fourth-order valence-corrected chi connectivity index (χ4v) is 2.49. The van der Waals surface area contributed by atoms with E-state index in [0.29, 0.717) is 22.2 Å². The highest BCUT2D eigenvalue weighted by Crippen LogP contribution is 2.30.